The molecule has 1 atom stereocenters. The van der Waals surface area contributed by atoms with Gasteiger partial charge < -0.3 is 5.73 Å². The molecule has 70 valence electrons. The molecule has 1 unspecified atom stereocenters. The topological polar surface area (TPSA) is 26.0 Å². The van der Waals surface area contributed by atoms with Gasteiger partial charge in [-0.25, -0.2) is 4.39 Å². The number of rotatable bonds is 2. The van der Waals surface area contributed by atoms with Crippen molar-refractivity contribution >= 4 is 15.9 Å². The van der Waals surface area contributed by atoms with Gasteiger partial charge in [-0.15, -0.1) is 0 Å². The highest BCUT2D eigenvalue weighted by molar-refractivity contribution is 9.10. The zero-order valence-electron chi connectivity index (χ0n) is 7.35. The van der Waals surface area contributed by atoms with E-state index in [1.807, 2.05) is 6.92 Å². The third-order valence-electron chi connectivity index (χ3n) is 1.82. The van der Waals surface area contributed by atoms with Crippen LogP contribution in [0.1, 0.15) is 18.5 Å². The molecule has 0 aliphatic rings. The summed E-state index contributed by atoms with van der Waals surface area (Å²) in [7, 11) is 0. The van der Waals surface area contributed by atoms with Crippen molar-refractivity contribution in [3.8, 4) is 0 Å². The highest BCUT2D eigenvalue weighted by Crippen LogP contribution is 2.26. The van der Waals surface area contributed by atoms with E-state index in [4.69, 9.17) is 5.73 Å². The number of nitrogens with two attached hydrogens (primary N) is 1. The molecule has 0 amide bonds. The molecule has 0 aromatic heterocycles. The molecular weight excluding hydrogens is 233 g/mol. The first kappa shape index (κ1) is 10.4. The summed E-state index contributed by atoms with van der Waals surface area (Å²) >= 11 is 3.31. The Kier molecular flexibility index (Phi) is 3.22. The van der Waals surface area contributed by atoms with Gasteiger partial charge in [0.15, 0.2) is 0 Å². The maximum absolute atomic E-state index is 12.9. The summed E-state index contributed by atoms with van der Waals surface area (Å²) in [6.45, 7) is 5.56. The van der Waals surface area contributed by atoms with Crippen molar-refractivity contribution < 1.29 is 4.39 Å². The van der Waals surface area contributed by atoms with Gasteiger partial charge in [-0.3, -0.25) is 0 Å². The lowest BCUT2D eigenvalue weighted by atomic mass is 10.0. The van der Waals surface area contributed by atoms with Crippen LogP contribution < -0.4 is 5.73 Å². The summed E-state index contributed by atoms with van der Waals surface area (Å²) in [5.41, 5.74) is 7.35. The molecular formula is C10H11BrFN. The van der Waals surface area contributed by atoms with Crippen molar-refractivity contribution in [3.63, 3.8) is 0 Å². The molecule has 0 saturated heterocycles. The SMILES string of the molecule is C=C(C)C(N)c1cc(F)ccc1Br. The third kappa shape index (κ3) is 2.39. The lowest BCUT2D eigenvalue weighted by molar-refractivity contribution is 0.622. The van der Waals surface area contributed by atoms with Crippen molar-refractivity contribution in [2.75, 3.05) is 0 Å². The van der Waals surface area contributed by atoms with Gasteiger partial charge >= 0.3 is 0 Å². The molecule has 0 radical (unpaired) electrons. The van der Waals surface area contributed by atoms with Gasteiger partial charge in [-0.2, -0.15) is 0 Å². The van der Waals surface area contributed by atoms with Gasteiger partial charge in [0, 0.05) is 4.47 Å². The Morgan fingerprint density at radius 3 is 2.77 bits per heavy atom. The van der Waals surface area contributed by atoms with Crippen molar-refractivity contribution in [2.24, 2.45) is 5.73 Å². The van der Waals surface area contributed by atoms with Crippen LogP contribution in [-0.4, -0.2) is 0 Å². The van der Waals surface area contributed by atoms with Crippen LogP contribution in [0, 0.1) is 5.82 Å². The molecule has 13 heavy (non-hydrogen) atoms. The Labute approximate surface area is 85.6 Å². The van der Waals surface area contributed by atoms with Crippen molar-refractivity contribution in [3.05, 3.63) is 46.2 Å². The van der Waals surface area contributed by atoms with Gasteiger partial charge in [-0.1, -0.05) is 28.1 Å². The first-order valence-electron chi connectivity index (χ1n) is 3.88. The van der Waals surface area contributed by atoms with E-state index in [2.05, 4.69) is 22.5 Å². The van der Waals surface area contributed by atoms with Gasteiger partial charge in [0.2, 0.25) is 0 Å². The van der Waals surface area contributed by atoms with E-state index in [1.165, 1.54) is 12.1 Å². The van der Waals surface area contributed by atoms with Crippen molar-refractivity contribution in [1.29, 1.82) is 0 Å². The van der Waals surface area contributed by atoms with E-state index in [9.17, 15) is 4.39 Å². The normalized spacial score (nSPS) is 12.6. The Bertz CT molecular complexity index is 336. The summed E-state index contributed by atoms with van der Waals surface area (Å²) in [6.07, 6.45) is 0. The van der Waals surface area contributed by atoms with E-state index in [0.717, 1.165) is 15.6 Å². The van der Waals surface area contributed by atoms with Crippen LogP contribution in [0.15, 0.2) is 34.8 Å². The van der Waals surface area contributed by atoms with E-state index in [1.54, 1.807) is 6.07 Å². The summed E-state index contributed by atoms with van der Waals surface area (Å²) in [4.78, 5) is 0. The van der Waals surface area contributed by atoms with Gasteiger partial charge in [-0.05, 0) is 30.7 Å². The molecule has 1 nitrogen and oxygen atoms in total. The monoisotopic (exact) mass is 243 g/mol. The highest BCUT2D eigenvalue weighted by Gasteiger charge is 2.10. The van der Waals surface area contributed by atoms with E-state index in [-0.39, 0.29) is 11.9 Å². The van der Waals surface area contributed by atoms with Crippen LogP contribution in [0.5, 0.6) is 0 Å². The molecule has 0 aliphatic carbocycles. The molecule has 2 N–H and O–H groups in total. The molecule has 1 aromatic carbocycles. The van der Waals surface area contributed by atoms with Crippen LogP contribution in [0.2, 0.25) is 0 Å². The molecule has 0 aliphatic heterocycles. The second kappa shape index (κ2) is 4.03. The second-order valence-electron chi connectivity index (χ2n) is 2.99. The lowest BCUT2D eigenvalue weighted by Crippen LogP contribution is -2.11. The van der Waals surface area contributed by atoms with Crippen LogP contribution in [-0.2, 0) is 0 Å². The number of halogens is 2. The fourth-order valence-corrected chi connectivity index (χ4v) is 1.51. The molecule has 0 heterocycles. The number of benzene rings is 1. The number of hydrogen-bond donors (Lipinski definition) is 1. The quantitative estimate of drug-likeness (QED) is 0.794. The van der Waals surface area contributed by atoms with Gasteiger partial charge in [0.05, 0.1) is 6.04 Å². The Morgan fingerprint density at radius 2 is 2.23 bits per heavy atom. The fourth-order valence-electron chi connectivity index (χ4n) is 1.02. The van der Waals surface area contributed by atoms with E-state index in [0.29, 0.717) is 0 Å². The Hall–Kier alpha value is -0.670. The van der Waals surface area contributed by atoms with Crippen molar-refractivity contribution in [1.82, 2.24) is 0 Å². The van der Waals surface area contributed by atoms with E-state index >= 15 is 0 Å². The minimum Gasteiger partial charge on any atom is -0.321 e. The standard InChI is InChI=1S/C10H11BrFN/c1-6(2)10(13)8-5-7(12)3-4-9(8)11/h3-5,10H,1,13H2,2H3. The average molecular weight is 244 g/mol. The molecule has 0 fully saturated rings. The Morgan fingerprint density at radius 1 is 1.62 bits per heavy atom. The minimum atomic E-state index is -0.315. The van der Waals surface area contributed by atoms with Gasteiger partial charge in [0.25, 0.3) is 0 Å². The first-order chi connectivity index (χ1) is 6.02. The maximum atomic E-state index is 12.9. The predicted octanol–water partition coefficient (Wildman–Crippen LogP) is 3.16. The molecule has 3 heteroatoms. The predicted molar refractivity (Wildman–Crippen MR) is 55.8 cm³/mol. The second-order valence-corrected chi connectivity index (χ2v) is 3.84. The maximum Gasteiger partial charge on any atom is 0.123 e. The molecule has 0 saturated carbocycles. The summed E-state index contributed by atoms with van der Waals surface area (Å²) < 4.78 is 13.7. The summed E-state index contributed by atoms with van der Waals surface area (Å²) in [5, 5.41) is 0. The zero-order chi connectivity index (χ0) is 10.0. The molecule has 0 spiro atoms. The Balaban J connectivity index is 3.12. The van der Waals surface area contributed by atoms with Crippen LogP contribution >= 0.6 is 15.9 Å². The lowest BCUT2D eigenvalue weighted by Gasteiger charge is -2.13. The smallest absolute Gasteiger partial charge is 0.123 e. The largest absolute Gasteiger partial charge is 0.321 e. The van der Waals surface area contributed by atoms with Crippen molar-refractivity contribution in [2.45, 2.75) is 13.0 Å². The molecule has 1 aromatic rings. The van der Waals surface area contributed by atoms with Crippen LogP contribution in [0.4, 0.5) is 4.39 Å². The molecule has 0 bridgehead atoms. The van der Waals surface area contributed by atoms with Gasteiger partial charge in [0.1, 0.15) is 5.82 Å². The third-order valence-corrected chi connectivity index (χ3v) is 2.55. The zero-order valence-corrected chi connectivity index (χ0v) is 8.94. The number of hydrogen-bond acceptors (Lipinski definition) is 1. The fraction of sp³-hybridized carbons (Fsp3) is 0.200. The van der Waals surface area contributed by atoms with Crippen LogP contribution in [0.25, 0.3) is 0 Å². The molecule has 1 rings (SSSR count). The summed E-state index contributed by atoms with van der Waals surface area (Å²) in [6, 6.07) is 4.14. The van der Waals surface area contributed by atoms with E-state index < -0.39 is 0 Å². The highest BCUT2D eigenvalue weighted by atomic mass is 79.9. The van der Waals surface area contributed by atoms with Crippen LogP contribution in [0.3, 0.4) is 0 Å². The first-order valence-corrected chi connectivity index (χ1v) is 4.67. The average Bonchev–Trinajstić information content (AvgIpc) is 2.08. The minimum absolute atomic E-state index is 0.282. The summed E-state index contributed by atoms with van der Waals surface area (Å²) in [5.74, 6) is -0.282.